The molecule has 2 rings (SSSR count). The van der Waals surface area contributed by atoms with Crippen molar-refractivity contribution in [3.63, 3.8) is 0 Å². The molecule has 96 valence electrons. The number of nitrogens with zero attached hydrogens (tertiary/aromatic N) is 3. The van der Waals surface area contributed by atoms with Crippen LogP contribution in [-0.4, -0.2) is 47.5 Å². The van der Waals surface area contributed by atoms with Crippen molar-refractivity contribution in [3.05, 3.63) is 17.5 Å². The Morgan fingerprint density at radius 3 is 2.59 bits per heavy atom. The van der Waals surface area contributed by atoms with E-state index in [9.17, 15) is 0 Å². The lowest BCUT2D eigenvalue weighted by molar-refractivity contribution is 0.0359. The van der Waals surface area contributed by atoms with Crippen LogP contribution in [0.4, 0.5) is 0 Å². The second-order valence-electron chi connectivity index (χ2n) is 5.02. The van der Waals surface area contributed by atoms with Gasteiger partial charge in [0.25, 0.3) is 0 Å². The van der Waals surface area contributed by atoms with Crippen LogP contribution >= 0.6 is 0 Å². The second-order valence-corrected chi connectivity index (χ2v) is 5.02. The van der Waals surface area contributed by atoms with Crippen molar-refractivity contribution >= 4 is 0 Å². The first-order valence-corrected chi connectivity index (χ1v) is 6.51. The molecule has 0 amide bonds. The van der Waals surface area contributed by atoms with Crippen molar-refractivity contribution in [2.75, 3.05) is 32.8 Å². The Morgan fingerprint density at radius 1 is 1.29 bits per heavy atom. The molecule has 2 heterocycles. The van der Waals surface area contributed by atoms with Crippen molar-refractivity contribution in [2.24, 2.45) is 0 Å². The van der Waals surface area contributed by atoms with Crippen LogP contribution < -0.4 is 0 Å². The Morgan fingerprint density at radius 2 is 2.00 bits per heavy atom. The maximum absolute atomic E-state index is 5.35. The molecule has 0 saturated carbocycles. The van der Waals surface area contributed by atoms with Crippen LogP contribution in [-0.2, 0) is 11.3 Å². The monoisotopic (exact) mass is 237 g/mol. The summed E-state index contributed by atoms with van der Waals surface area (Å²) in [6.45, 7) is 12.5. The molecule has 4 nitrogen and oxygen atoms in total. The third kappa shape index (κ3) is 3.07. The quantitative estimate of drug-likeness (QED) is 0.797. The van der Waals surface area contributed by atoms with Crippen LogP contribution in [0.5, 0.6) is 0 Å². The van der Waals surface area contributed by atoms with E-state index < -0.39 is 0 Å². The lowest BCUT2D eigenvalue weighted by atomic mass is 10.1. The summed E-state index contributed by atoms with van der Waals surface area (Å²) in [5.74, 6) is 0.562. The van der Waals surface area contributed by atoms with Crippen LogP contribution in [0.25, 0.3) is 0 Å². The van der Waals surface area contributed by atoms with Gasteiger partial charge in [0.15, 0.2) is 0 Å². The molecule has 1 aliphatic rings. The van der Waals surface area contributed by atoms with Gasteiger partial charge in [-0.1, -0.05) is 13.8 Å². The van der Waals surface area contributed by atoms with Gasteiger partial charge < -0.3 is 4.74 Å². The van der Waals surface area contributed by atoms with E-state index in [4.69, 9.17) is 4.74 Å². The highest BCUT2D eigenvalue weighted by atomic mass is 16.5. The summed E-state index contributed by atoms with van der Waals surface area (Å²) in [4.78, 5) is 2.44. The summed E-state index contributed by atoms with van der Waals surface area (Å²) in [7, 11) is 0. The van der Waals surface area contributed by atoms with Crippen molar-refractivity contribution in [3.8, 4) is 0 Å². The van der Waals surface area contributed by atoms with Crippen molar-refractivity contribution in [1.29, 1.82) is 0 Å². The maximum Gasteiger partial charge on any atom is 0.0594 e. The van der Waals surface area contributed by atoms with Crippen molar-refractivity contribution in [2.45, 2.75) is 33.2 Å². The molecule has 0 aromatic carbocycles. The van der Waals surface area contributed by atoms with E-state index in [1.54, 1.807) is 0 Å². The predicted octanol–water partition coefficient (Wildman–Crippen LogP) is 1.65. The normalized spacial score (nSPS) is 17.9. The van der Waals surface area contributed by atoms with Crippen molar-refractivity contribution in [1.82, 2.24) is 14.7 Å². The molecule has 1 fully saturated rings. The fourth-order valence-electron chi connectivity index (χ4n) is 2.31. The van der Waals surface area contributed by atoms with E-state index in [0.717, 1.165) is 39.4 Å². The van der Waals surface area contributed by atoms with Gasteiger partial charge in [-0.15, -0.1) is 0 Å². The third-order valence-electron chi connectivity index (χ3n) is 3.49. The Hall–Kier alpha value is -0.870. The molecule has 0 atom stereocenters. The zero-order chi connectivity index (χ0) is 12.3. The zero-order valence-electron chi connectivity index (χ0n) is 11.1. The molecule has 0 aliphatic carbocycles. The number of hydrogen-bond acceptors (Lipinski definition) is 3. The van der Waals surface area contributed by atoms with E-state index in [1.807, 2.05) is 6.20 Å². The molecule has 0 N–H and O–H groups in total. The van der Waals surface area contributed by atoms with Gasteiger partial charge in [0.1, 0.15) is 0 Å². The summed E-state index contributed by atoms with van der Waals surface area (Å²) in [5.41, 5.74) is 2.68. The average Bonchev–Trinajstić information content (AvgIpc) is 2.69. The summed E-state index contributed by atoms with van der Waals surface area (Å²) in [6.07, 6.45) is 2.01. The lowest BCUT2D eigenvalue weighted by Gasteiger charge is -2.26. The van der Waals surface area contributed by atoms with Crippen LogP contribution in [0.15, 0.2) is 6.20 Å². The number of ether oxygens (including phenoxy) is 1. The molecule has 1 saturated heterocycles. The predicted molar refractivity (Wildman–Crippen MR) is 68.3 cm³/mol. The standard InChI is InChI=1S/C13H23N3O/c1-11(2)13-10-14-16(12(13)3)5-4-15-6-8-17-9-7-15/h10-11H,4-9H2,1-3H3. The summed E-state index contributed by atoms with van der Waals surface area (Å²) in [6, 6.07) is 0. The fraction of sp³-hybridized carbons (Fsp3) is 0.769. The van der Waals surface area contributed by atoms with Crippen LogP contribution in [0, 0.1) is 6.92 Å². The van der Waals surface area contributed by atoms with E-state index in [1.165, 1.54) is 11.3 Å². The molecule has 0 spiro atoms. The van der Waals surface area contributed by atoms with E-state index in [0.29, 0.717) is 5.92 Å². The number of hydrogen-bond donors (Lipinski definition) is 0. The molecule has 17 heavy (non-hydrogen) atoms. The molecule has 0 unspecified atom stereocenters. The summed E-state index contributed by atoms with van der Waals surface area (Å²) in [5, 5.41) is 4.48. The molecule has 1 aliphatic heterocycles. The Bertz CT molecular complexity index is 354. The largest absolute Gasteiger partial charge is 0.379 e. The van der Waals surface area contributed by atoms with Gasteiger partial charge in [-0.3, -0.25) is 9.58 Å². The summed E-state index contributed by atoms with van der Waals surface area (Å²) >= 11 is 0. The topological polar surface area (TPSA) is 30.3 Å². The van der Waals surface area contributed by atoms with E-state index in [-0.39, 0.29) is 0 Å². The minimum atomic E-state index is 0.562. The first-order valence-electron chi connectivity index (χ1n) is 6.51. The molecule has 0 radical (unpaired) electrons. The van der Waals surface area contributed by atoms with E-state index in [2.05, 4.69) is 35.5 Å². The molecular formula is C13H23N3O. The summed E-state index contributed by atoms with van der Waals surface area (Å²) < 4.78 is 7.48. The van der Waals surface area contributed by atoms with Gasteiger partial charge in [-0.2, -0.15) is 5.10 Å². The Balaban J connectivity index is 1.90. The van der Waals surface area contributed by atoms with Gasteiger partial charge in [0.05, 0.1) is 26.0 Å². The van der Waals surface area contributed by atoms with Gasteiger partial charge in [-0.05, 0) is 18.4 Å². The number of rotatable bonds is 4. The number of morpholine rings is 1. The Labute approximate surface area is 104 Å². The van der Waals surface area contributed by atoms with Crippen LogP contribution in [0.3, 0.4) is 0 Å². The van der Waals surface area contributed by atoms with Gasteiger partial charge >= 0.3 is 0 Å². The first kappa shape index (κ1) is 12.6. The van der Waals surface area contributed by atoms with Crippen LogP contribution in [0.1, 0.15) is 31.0 Å². The fourth-order valence-corrected chi connectivity index (χ4v) is 2.31. The SMILES string of the molecule is Cc1c(C(C)C)cnn1CCN1CCOCC1. The number of aromatic nitrogens is 2. The van der Waals surface area contributed by atoms with Gasteiger partial charge in [0, 0.05) is 25.3 Å². The Kier molecular flexibility index (Phi) is 4.18. The minimum absolute atomic E-state index is 0.562. The highest BCUT2D eigenvalue weighted by Gasteiger charge is 2.12. The van der Waals surface area contributed by atoms with Gasteiger partial charge in [-0.25, -0.2) is 0 Å². The highest BCUT2D eigenvalue weighted by Crippen LogP contribution is 2.17. The zero-order valence-corrected chi connectivity index (χ0v) is 11.1. The van der Waals surface area contributed by atoms with Crippen LogP contribution in [0.2, 0.25) is 0 Å². The average molecular weight is 237 g/mol. The third-order valence-corrected chi connectivity index (χ3v) is 3.49. The van der Waals surface area contributed by atoms with E-state index >= 15 is 0 Å². The molecular weight excluding hydrogens is 214 g/mol. The second kappa shape index (κ2) is 5.65. The smallest absolute Gasteiger partial charge is 0.0594 e. The maximum atomic E-state index is 5.35. The molecule has 4 heteroatoms. The molecule has 1 aromatic rings. The molecule has 0 bridgehead atoms. The van der Waals surface area contributed by atoms with Crippen molar-refractivity contribution < 1.29 is 4.74 Å². The molecule has 1 aromatic heterocycles. The highest BCUT2D eigenvalue weighted by molar-refractivity contribution is 5.19. The lowest BCUT2D eigenvalue weighted by Crippen LogP contribution is -2.38. The minimum Gasteiger partial charge on any atom is -0.379 e. The first-order chi connectivity index (χ1) is 8.18. The van der Waals surface area contributed by atoms with Gasteiger partial charge in [0.2, 0.25) is 0 Å².